The molecular weight excluding hydrogens is 302 g/mol. The zero-order valence-corrected chi connectivity index (χ0v) is 15.0. The van der Waals surface area contributed by atoms with Gasteiger partial charge in [0, 0.05) is 12.5 Å². The summed E-state index contributed by atoms with van der Waals surface area (Å²) < 4.78 is 5.49. The summed E-state index contributed by atoms with van der Waals surface area (Å²) in [6.45, 7) is 6.41. The molecule has 1 aromatic rings. The fraction of sp³-hybridized carbons (Fsp3) is 0.600. The van der Waals surface area contributed by atoms with Gasteiger partial charge in [0.25, 0.3) is 0 Å². The highest BCUT2D eigenvalue weighted by Crippen LogP contribution is 2.27. The Balaban J connectivity index is 1.90. The van der Waals surface area contributed by atoms with Crippen LogP contribution in [0.1, 0.15) is 58.4 Å². The van der Waals surface area contributed by atoms with Crippen LogP contribution in [-0.4, -0.2) is 17.9 Å². The van der Waals surface area contributed by atoms with E-state index < -0.39 is 0 Å². The predicted octanol–water partition coefficient (Wildman–Crippen LogP) is 3.84. The molecule has 0 bridgehead atoms. The van der Waals surface area contributed by atoms with E-state index in [-0.39, 0.29) is 29.3 Å². The number of carbonyl (C=O) groups is 2. The molecule has 1 aliphatic carbocycles. The van der Waals surface area contributed by atoms with E-state index in [0.717, 1.165) is 31.2 Å². The van der Waals surface area contributed by atoms with Gasteiger partial charge in [0.05, 0.1) is 5.92 Å². The van der Waals surface area contributed by atoms with Crippen molar-refractivity contribution in [1.82, 2.24) is 5.32 Å². The second kappa shape index (κ2) is 8.32. The van der Waals surface area contributed by atoms with Crippen molar-refractivity contribution in [3.63, 3.8) is 0 Å². The Bertz CT molecular complexity index is 548. The molecule has 0 spiro atoms. The summed E-state index contributed by atoms with van der Waals surface area (Å²) >= 11 is 0. The van der Waals surface area contributed by atoms with Crippen LogP contribution in [0.15, 0.2) is 30.3 Å². The SMILES string of the molecule is CC(C)(C)CC(=O)NC1CCCCC1C(=O)OCc1ccccc1. The Kier molecular flexibility index (Phi) is 6.41. The minimum atomic E-state index is -0.230. The Morgan fingerprint density at radius 3 is 2.46 bits per heavy atom. The molecule has 2 unspecified atom stereocenters. The highest BCUT2D eigenvalue weighted by atomic mass is 16.5. The maximum atomic E-state index is 12.5. The van der Waals surface area contributed by atoms with Crippen LogP contribution >= 0.6 is 0 Å². The summed E-state index contributed by atoms with van der Waals surface area (Å²) in [5.74, 6) is -0.402. The summed E-state index contributed by atoms with van der Waals surface area (Å²) in [5, 5.41) is 3.06. The lowest BCUT2D eigenvalue weighted by Gasteiger charge is -2.31. The molecule has 0 radical (unpaired) electrons. The summed E-state index contributed by atoms with van der Waals surface area (Å²) in [6.07, 6.45) is 4.16. The van der Waals surface area contributed by atoms with E-state index >= 15 is 0 Å². The van der Waals surface area contributed by atoms with Gasteiger partial charge in [-0.05, 0) is 23.8 Å². The van der Waals surface area contributed by atoms with E-state index in [1.165, 1.54) is 0 Å². The first-order valence-corrected chi connectivity index (χ1v) is 8.85. The fourth-order valence-corrected chi connectivity index (χ4v) is 3.16. The van der Waals surface area contributed by atoms with Gasteiger partial charge >= 0.3 is 5.97 Å². The molecule has 24 heavy (non-hydrogen) atoms. The van der Waals surface area contributed by atoms with Crippen LogP contribution in [0.5, 0.6) is 0 Å². The van der Waals surface area contributed by atoms with Crippen LogP contribution < -0.4 is 5.32 Å². The predicted molar refractivity (Wildman–Crippen MR) is 94.2 cm³/mol. The van der Waals surface area contributed by atoms with Crippen LogP contribution in [0.3, 0.4) is 0 Å². The van der Waals surface area contributed by atoms with Gasteiger partial charge in [-0.2, -0.15) is 0 Å². The third-order valence-electron chi connectivity index (χ3n) is 4.33. The lowest BCUT2D eigenvalue weighted by molar-refractivity contribution is -0.152. The van der Waals surface area contributed by atoms with Gasteiger partial charge in [0.2, 0.25) is 5.91 Å². The lowest BCUT2D eigenvalue weighted by Crippen LogP contribution is -2.46. The highest BCUT2D eigenvalue weighted by Gasteiger charge is 2.33. The molecule has 2 rings (SSSR count). The minimum Gasteiger partial charge on any atom is -0.461 e. The number of esters is 1. The molecule has 0 aromatic heterocycles. The fourth-order valence-electron chi connectivity index (χ4n) is 3.16. The van der Waals surface area contributed by atoms with E-state index in [0.29, 0.717) is 13.0 Å². The molecule has 0 aliphatic heterocycles. The molecule has 4 nitrogen and oxygen atoms in total. The van der Waals surface area contributed by atoms with Gasteiger partial charge in [0.1, 0.15) is 6.61 Å². The van der Waals surface area contributed by atoms with Gasteiger partial charge in [-0.15, -0.1) is 0 Å². The number of hydrogen-bond donors (Lipinski definition) is 1. The Labute approximate surface area is 145 Å². The second-order valence-corrected chi connectivity index (χ2v) is 7.90. The number of hydrogen-bond acceptors (Lipinski definition) is 3. The Hall–Kier alpha value is -1.84. The van der Waals surface area contributed by atoms with Crippen molar-refractivity contribution < 1.29 is 14.3 Å². The summed E-state index contributed by atoms with van der Waals surface area (Å²) in [5.41, 5.74) is 0.928. The third kappa shape index (κ3) is 5.99. The summed E-state index contributed by atoms with van der Waals surface area (Å²) in [7, 11) is 0. The molecule has 0 saturated heterocycles. The van der Waals surface area contributed by atoms with Crippen LogP contribution in [0, 0.1) is 11.3 Å². The normalized spacial score (nSPS) is 21.1. The van der Waals surface area contributed by atoms with Crippen LogP contribution in [0.4, 0.5) is 0 Å². The number of carbonyl (C=O) groups excluding carboxylic acids is 2. The van der Waals surface area contributed by atoms with E-state index in [9.17, 15) is 9.59 Å². The summed E-state index contributed by atoms with van der Waals surface area (Å²) in [6, 6.07) is 9.58. The van der Waals surface area contributed by atoms with Crippen LogP contribution in [0.2, 0.25) is 0 Å². The molecule has 1 aliphatic rings. The monoisotopic (exact) mass is 331 g/mol. The molecule has 1 fully saturated rings. The average molecular weight is 331 g/mol. The molecule has 1 saturated carbocycles. The van der Waals surface area contributed by atoms with Crippen molar-refractivity contribution in [2.45, 2.75) is 65.5 Å². The van der Waals surface area contributed by atoms with Gasteiger partial charge < -0.3 is 10.1 Å². The first-order valence-electron chi connectivity index (χ1n) is 8.85. The largest absolute Gasteiger partial charge is 0.461 e. The molecule has 1 N–H and O–H groups in total. The summed E-state index contributed by atoms with van der Waals surface area (Å²) in [4.78, 5) is 24.7. The number of amides is 1. The molecule has 132 valence electrons. The molecule has 1 amide bonds. The van der Waals surface area contributed by atoms with Crippen molar-refractivity contribution in [1.29, 1.82) is 0 Å². The molecule has 1 aromatic carbocycles. The lowest BCUT2D eigenvalue weighted by atomic mass is 9.84. The molecular formula is C20H29NO3. The number of nitrogens with one attached hydrogen (secondary N) is 1. The zero-order valence-electron chi connectivity index (χ0n) is 15.0. The smallest absolute Gasteiger partial charge is 0.311 e. The number of ether oxygens (including phenoxy) is 1. The van der Waals surface area contributed by atoms with Crippen molar-refractivity contribution in [2.24, 2.45) is 11.3 Å². The first kappa shape index (κ1) is 18.5. The van der Waals surface area contributed by atoms with Crippen molar-refractivity contribution >= 4 is 11.9 Å². The number of rotatable bonds is 5. The Morgan fingerprint density at radius 2 is 1.79 bits per heavy atom. The zero-order chi connectivity index (χ0) is 17.6. The second-order valence-electron chi connectivity index (χ2n) is 7.90. The third-order valence-corrected chi connectivity index (χ3v) is 4.33. The van der Waals surface area contributed by atoms with E-state index in [2.05, 4.69) is 5.32 Å². The van der Waals surface area contributed by atoms with Gasteiger partial charge in [0.15, 0.2) is 0 Å². The molecule has 2 atom stereocenters. The number of benzene rings is 1. The first-order chi connectivity index (χ1) is 11.3. The molecule has 0 heterocycles. The van der Waals surface area contributed by atoms with Gasteiger partial charge in [-0.1, -0.05) is 63.9 Å². The van der Waals surface area contributed by atoms with E-state index in [1.807, 2.05) is 51.1 Å². The van der Waals surface area contributed by atoms with Gasteiger partial charge in [-0.25, -0.2) is 0 Å². The minimum absolute atomic E-state index is 0.0234. The maximum absolute atomic E-state index is 12.5. The van der Waals surface area contributed by atoms with E-state index in [1.54, 1.807) is 0 Å². The van der Waals surface area contributed by atoms with Crippen molar-refractivity contribution in [3.8, 4) is 0 Å². The van der Waals surface area contributed by atoms with Crippen molar-refractivity contribution in [2.75, 3.05) is 0 Å². The quantitative estimate of drug-likeness (QED) is 0.834. The van der Waals surface area contributed by atoms with Crippen LogP contribution in [-0.2, 0) is 20.9 Å². The topological polar surface area (TPSA) is 55.4 Å². The molecule has 4 heteroatoms. The van der Waals surface area contributed by atoms with Gasteiger partial charge in [-0.3, -0.25) is 9.59 Å². The maximum Gasteiger partial charge on any atom is 0.311 e. The standard InChI is InChI=1S/C20H29NO3/c1-20(2,3)13-18(22)21-17-12-8-7-11-16(17)19(23)24-14-15-9-5-4-6-10-15/h4-6,9-10,16-17H,7-8,11-14H2,1-3H3,(H,21,22). The van der Waals surface area contributed by atoms with Crippen molar-refractivity contribution in [3.05, 3.63) is 35.9 Å². The Morgan fingerprint density at radius 1 is 1.12 bits per heavy atom. The van der Waals surface area contributed by atoms with E-state index in [4.69, 9.17) is 4.74 Å². The van der Waals surface area contributed by atoms with Crippen LogP contribution in [0.25, 0.3) is 0 Å². The average Bonchev–Trinajstić information content (AvgIpc) is 2.52. The highest BCUT2D eigenvalue weighted by molar-refractivity contribution is 5.79.